The second-order valence-electron chi connectivity index (χ2n) is 5.70. The number of esters is 1. The van der Waals surface area contributed by atoms with Gasteiger partial charge >= 0.3 is 5.97 Å². The van der Waals surface area contributed by atoms with Crippen molar-refractivity contribution < 1.29 is 14.1 Å². The molecule has 0 aliphatic carbocycles. The van der Waals surface area contributed by atoms with Gasteiger partial charge in [0.05, 0.1) is 6.42 Å². The molecule has 0 saturated heterocycles. The summed E-state index contributed by atoms with van der Waals surface area (Å²) in [6, 6.07) is 17.0. The van der Waals surface area contributed by atoms with Crippen LogP contribution in [0.15, 0.2) is 59.1 Å². The van der Waals surface area contributed by atoms with Gasteiger partial charge in [-0.2, -0.15) is 4.98 Å². The lowest BCUT2D eigenvalue weighted by molar-refractivity contribution is -0.146. The average molecular weight is 357 g/mol. The van der Waals surface area contributed by atoms with Crippen molar-refractivity contribution in [3.05, 3.63) is 71.1 Å². The zero-order chi connectivity index (χ0) is 17.6. The Morgan fingerprint density at radius 1 is 1.20 bits per heavy atom. The van der Waals surface area contributed by atoms with Crippen LogP contribution < -0.4 is 0 Å². The highest BCUT2D eigenvalue weighted by Gasteiger charge is 2.15. The minimum atomic E-state index is -0.307. The molecule has 0 aliphatic heterocycles. The number of benzene rings is 2. The van der Waals surface area contributed by atoms with E-state index in [0.29, 0.717) is 17.3 Å². The molecule has 0 spiro atoms. The highest BCUT2D eigenvalue weighted by Crippen LogP contribution is 2.21. The van der Waals surface area contributed by atoms with Crippen LogP contribution in [0.2, 0.25) is 5.02 Å². The summed E-state index contributed by atoms with van der Waals surface area (Å²) in [4.78, 5) is 16.2. The Morgan fingerprint density at radius 3 is 2.76 bits per heavy atom. The van der Waals surface area contributed by atoms with Crippen molar-refractivity contribution in [2.45, 2.75) is 25.9 Å². The molecule has 0 radical (unpaired) electrons. The standard InChI is InChI=1S/C19H17ClN2O3/c1-13(14-6-3-2-4-7-14)10-18(23)24-12-17-21-19(22-25-17)15-8-5-9-16(20)11-15/h2-9,11,13H,10,12H2,1H3/t13-/m1/s1. The third-order valence-electron chi connectivity index (χ3n) is 3.75. The van der Waals surface area contributed by atoms with E-state index in [1.54, 1.807) is 18.2 Å². The molecule has 0 aliphatic rings. The fourth-order valence-electron chi connectivity index (χ4n) is 2.41. The fourth-order valence-corrected chi connectivity index (χ4v) is 2.60. The van der Waals surface area contributed by atoms with Gasteiger partial charge in [0.2, 0.25) is 5.82 Å². The van der Waals surface area contributed by atoms with Crippen molar-refractivity contribution in [3.63, 3.8) is 0 Å². The van der Waals surface area contributed by atoms with Gasteiger partial charge in [0.25, 0.3) is 5.89 Å². The Hall–Kier alpha value is -2.66. The van der Waals surface area contributed by atoms with E-state index in [-0.39, 0.29) is 24.4 Å². The van der Waals surface area contributed by atoms with E-state index in [9.17, 15) is 4.79 Å². The molecule has 0 saturated carbocycles. The molecule has 3 aromatic rings. The third kappa shape index (κ3) is 4.67. The summed E-state index contributed by atoms with van der Waals surface area (Å²) in [5.41, 5.74) is 1.84. The molecule has 1 heterocycles. The Labute approximate surface area is 150 Å². The molecule has 0 bridgehead atoms. The first-order valence-electron chi connectivity index (χ1n) is 7.91. The Balaban J connectivity index is 1.54. The van der Waals surface area contributed by atoms with Crippen LogP contribution in [0, 0.1) is 0 Å². The monoisotopic (exact) mass is 356 g/mol. The Morgan fingerprint density at radius 2 is 2.00 bits per heavy atom. The van der Waals surface area contributed by atoms with Gasteiger partial charge in [-0.25, -0.2) is 0 Å². The summed E-state index contributed by atoms with van der Waals surface area (Å²) in [5.74, 6) is 0.430. The van der Waals surface area contributed by atoms with Gasteiger partial charge in [-0.15, -0.1) is 0 Å². The van der Waals surface area contributed by atoms with Crippen LogP contribution in [0.25, 0.3) is 11.4 Å². The molecular formula is C19H17ClN2O3. The number of carbonyl (C=O) groups is 1. The molecule has 1 atom stereocenters. The van der Waals surface area contributed by atoms with Crippen molar-refractivity contribution in [2.75, 3.05) is 0 Å². The number of nitrogens with zero attached hydrogens (tertiary/aromatic N) is 2. The second-order valence-corrected chi connectivity index (χ2v) is 6.14. The zero-order valence-electron chi connectivity index (χ0n) is 13.7. The van der Waals surface area contributed by atoms with Crippen LogP contribution in [0.1, 0.15) is 30.7 Å². The van der Waals surface area contributed by atoms with E-state index >= 15 is 0 Å². The summed E-state index contributed by atoms with van der Waals surface area (Å²) >= 11 is 5.95. The van der Waals surface area contributed by atoms with Gasteiger partial charge in [-0.1, -0.05) is 66.1 Å². The average Bonchev–Trinajstić information content (AvgIpc) is 3.10. The van der Waals surface area contributed by atoms with Crippen LogP contribution in [0.5, 0.6) is 0 Å². The van der Waals surface area contributed by atoms with Gasteiger partial charge < -0.3 is 9.26 Å². The second kappa shape index (κ2) is 7.94. The Kier molecular flexibility index (Phi) is 5.46. The lowest BCUT2D eigenvalue weighted by Crippen LogP contribution is -2.08. The van der Waals surface area contributed by atoms with Gasteiger partial charge in [0, 0.05) is 10.6 Å². The summed E-state index contributed by atoms with van der Waals surface area (Å²) in [5, 5.41) is 4.47. The van der Waals surface area contributed by atoms with E-state index in [2.05, 4.69) is 10.1 Å². The third-order valence-corrected chi connectivity index (χ3v) is 3.98. The molecular weight excluding hydrogens is 340 g/mol. The molecule has 3 rings (SSSR count). The first-order chi connectivity index (χ1) is 12.1. The molecule has 1 aromatic heterocycles. The number of carbonyl (C=O) groups excluding carboxylic acids is 1. The lowest BCUT2D eigenvalue weighted by Gasteiger charge is -2.10. The lowest BCUT2D eigenvalue weighted by atomic mass is 9.98. The summed E-state index contributed by atoms with van der Waals surface area (Å²) in [6.45, 7) is 1.94. The van der Waals surface area contributed by atoms with Gasteiger partial charge in [0.1, 0.15) is 0 Å². The molecule has 0 amide bonds. The summed E-state index contributed by atoms with van der Waals surface area (Å²) < 4.78 is 10.3. The first-order valence-corrected chi connectivity index (χ1v) is 8.28. The van der Waals surface area contributed by atoms with E-state index in [0.717, 1.165) is 11.1 Å². The highest BCUT2D eigenvalue weighted by atomic mass is 35.5. The maximum absolute atomic E-state index is 12.0. The summed E-state index contributed by atoms with van der Waals surface area (Å²) in [6.07, 6.45) is 0.291. The SMILES string of the molecule is C[C@H](CC(=O)OCc1nc(-c2cccc(Cl)c2)no1)c1ccccc1. The molecule has 0 N–H and O–H groups in total. The predicted molar refractivity (Wildman–Crippen MR) is 94.0 cm³/mol. The number of hydrogen-bond acceptors (Lipinski definition) is 5. The zero-order valence-corrected chi connectivity index (χ0v) is 14.4. The molecule has 0 fully saturated rings. The van der Waals surface area contributed by atoms with Crippen molar-refractivity contribution in [1.29, 1.82) is 0 Å². The van der Waals surface area contributed by atoms with Crippen molar-refractivity contribution in [2.24, 2.45) is 0 Å². The Bertz CT molecular complexity index is 849. The van der Waals surface area contributed by atoms with Crippen LogP contribution >= 0.6 is 11.6 Å². The minimum absolute atomic E-state index is 0.0477. The van der Waals surface area contributed by atoms with Gasteiger partial charge in [0.15, 0.2) is 6.61 Å². The van der Waals surface area contributed by atoms with E-state index in [1.165, 1.54) is 0 Å². The van der Waals surface area contributed by atoms with Crippen molar-refractivity contribution >= 4 is 17.6 Å². The molecule has 25 heavy (non-hydrogen) atoms. The quantitative estimate of drug-likeness (QED) is 0.602. The van der Waals surface area contributed by atoms with E-state index in [1.807, 2.05) is 43.3 Å². The number of halogens is 1. The predicted octanol–water partition coefficient (Wildman–Crippen LogP) is 4.63. The molecule has 128 valence electrons. The topological polar surface area (TPSA) is 65.2 Å². The van der Waals surface area contributed by atoms with Crippen LogP contribution in [-0.2, 0) is 16.1 Å². The smallest absolute Gasteiger partial charge is 0.306 e. The van der Waals surface area contributed by atoms with Crippen molar-refractivity contribution in [1.82, 2.24) is 10.1 Å². The maximum Gasteiger partial charge on any atom is 0.306 e. The number of rotatable bonds is 6. The maximum atomic E-state index is 12.0. The molecule has 5 nitrogen and oxygen atoms in total. The van der Waals surface area contributed by atoms with Crippen LogP contribution in [0.3, 0.4) is 0 Å². The normalized spacial score (nSPS) is 11.9. The van der Waals surface area contributed by atoms with Crippen molar-refractivity contribution in [3.8, 4) is 11.4 Å². The summed E-state index contributed by atoms with van der Waals surface area (Å²) in [7, 11) is 0. The molecule has 6 heteroatoms. The highest BCUT2D eigenvalue weighted by molar-refractivity contribution is 6.30. The van der Waals surface area contributed by atoms with Crippen LogP contribution in [-0.4, -0.2) is 16.1 Å². The van der Waals surface area contributed by atoms with Gasteiger partial charge in [-0.3, -0.25) is 4.79 Å². The largest absolute Gasteiger partial charge is 0.456 e. The van der Waals surface area contributed by atoms with Crippen LogP contribution in [0.4, 0.5) is 0 Å². The fraction of sp³-hybridized carbons (Fsp3) is 0.211. The molecule has 2 aromatic carbocycles. The van der Waals surface area contributed by atoms with E-state index in [4.69, 9.17) is 20.9 Å². The minimum Gasteiger partial charge on any atom is -0.456 e. The molecule has 0 unspecified atom stereocenters. The number of aromatic nitrogens is 2. The van der Waals surface area contributed by atoms with Gasteiger partial charge in [-0.05, 0) is 23.6 Å². The first kappa shape index (κ1) is 17.2. The number of hydrogen-bond donors (Lipinski definition) is 0. The van der Waals surface area contributed by atoms with E-state index < -0.39 is 0 Å². The number of ether oxygens (including phenoxy) is 1.